The zero-order valence-corrected chi connectivity index (χ0v) is 9.52. The molecule has 0 aromatic rings. The highest BCUT2D eigenvalue weighted by Gasteiger charge is 2.22. The lowest BCUT2D eigenvalue weighted by molar-refractivity contribution is -0.134. The zero-order chi connectivity index (χ0) is 11.4. The molecule has 15 heavy (non-hydrogen) atoms. The fourth-order valence-electron chi connectivity index (χ4n) is 1.64. The number of rotatable bonds is 3. The van der Waals surface area contributed by atoms with Crippen LogP contribution in [0, 0.1) is 6.92 Å². The van der Waals surface area contributed by atoms with Gasteiger partial charge >= 0.3 is 0 Å². The maximum atomic E-state index is 11.7. The van der Waals surface area contributed by atoms with Crippen molar-refractivity contribution in [3.63, 3.8) is 0 Å². The van der Waals surface area contributed by atoms with E-state index in [1.54, 1.807) is 0 Å². The van der Waals surface area contributed by atoms with Crippen LogP contribution in [0.15, 0.2) is 0 Å². The fraction of sp³-hybridized carbons (Fsp3) is 0.800. The SMILES string of the molecule is [CH2]C(O)N1CCN(C(=O)CN(C)C)CC1. The first-order valence-electron chi connectivity index (χ1n) is 5.18. The Morgan fingerprint density at radius 2 is 1.93 bits per heavy atom. The Bertz CT molecular complexity index is 211. The Hall–Kier alpha value is -0.650. The summed E-state index contributed by atoms with van der Waals surface area (Å²) in [5.74, 6) is 0.151. The van der Waals surface area contributed by atoms with E-state index in [-0.39, 0.29) is 5.91 Å². The number of nitrogens with zero attached hydrogens (tertiary/aromatic N) is 3. The van der Waals surface area contributed by atoms with E-state index in [1.165, 1.54) is 0 Å². The van der Waals surface area contributed by atoms with Crippen LogP contribution in [0.1, 0.15) is 0 Å². The Kier molecular flexibility index (Phi) is 4.50. The molecule has 0 saturated carbocycles. The smallest absolute Gasteiger partial charge is 0.236 e. The highest BCUT2D eigenvalue weighted by molar-refractivity contribution is 5.78. The molecule has 0 bridgehead atoms. The van der Waals surface area contributed by atoms with Gasteiger partial charge < -0.3 is 14.9 Å². The summed E-state index contributed by atoms with van der Waals surface area (Å²) < 4.78 is 0. The summed E-state index contributed by atoms with van der Waals surface area (Å²) in [4.78, 5) is 17.2. The summed E-state index contributed by atoms with van der Waals surface area (Å²) in [6.07, 6.45) is -0.656. The third-order valence-corrected chi connectivity index (χ3v) is 2.54. The topological polar surface area (TPSA) is 47.0 Å². The van der Waals surface area contributed by atoms with E-state index >= 15 is 0 Å². The van der Waals surface area contributed by atoms with Gasteiger partial charge in [-0.15, -0.1) is 0 Å². The van der Waals surface area contributed by atoms with E-state index in [2.05, 4.69) is 6.92 Å². The molecule has 1 radical (unpaired) electrons. The highest BCUT2D eigenvalue weighted by Crippen LogP contribution is 2.04. The van der Waals surface area contributed by atoms with Crippen LogP contribution < -0.4 is 0 Å². The summed E-state index contributed by atoms with van der Waals surface area (Å²) >= 11 is 0. The second kappa shape index (κ2) is 5.44. The summed E-state index contributed by atoms with van der Waals surface area (Å²) in [5.41, 5.74) is 0. The van der Waals surface area contributed by atoms with Crippen molar-refractivity contribution >= 4 is 5.91 Å². The predicted molar refractivity (Wildman–Crippen MR) is 58.1 cm³/mol. The van der Waals surface area contributed by atoms with Gasteiger partial charge in [-0.05, 0) is 21.0 Å². The Labute approximate surface area is 91.3 Å². The van der Waals surface area contributed by atoms with Gasteiger partial charge in [-0.1, -0.05) is 0 Å². The predicted octanol–water partition coefficient (Wildman–Crippen LogP) is -1.16. The molecule has 87 valence electrons. The molecular weight excluding hydrogens is 194 g/mol. The van der Waals surface area contributed by atoms with Crippen molar-refractivity contribution in [2.24, 2.45) is 0 Å². The number of aliphatic hydroxyl groups is 1. The number of carbonyl (C=O) groups is 1. The number of hydrogen-bond donors (Lipinski definition) is 1. The lowest BCUT2D eigenvalue weighted by Crippen LogP contribution is -2.52. The van der Waals surface area contributed by atoms with Gasteiger partial charge in [0.15, 0.2) is 0 Å². The number of likely N-dealkylation sites (N-methyl/N-ethyl adjacent to an activating group) is 1. The molecule has 5 heteroatoms. The van der Waals surface area contributed by atoms with Crippen molar-refractivity contribution in [3.8, 4) is 0 Å². The Morgan fingerprint density at radius 1 is 1.40 bits per heavy atom. The van der Waals surface area contributed by atoms with Crippen LogP contribution in [0.3, 0.4) is 0 Å². The molecule has 0 spiro atoms. The van der Waals surface area contributed by atoms with Crippen molar-refractivity contribution in [1.82, 2.24) is 14.7 Å². The molecule has 1 unspecified atom stereocenters. The molecule has 1 rings (SSSR count). The van der Waals surface area contributed by atoms with Crippen molar-refractivity contribution < 1.29 is 9.90 Å². The second-order valence-electron chi connectivity index (χ2n) is 4.14. The monoisotopic (exact) mass is 214 g/mol. The Morgan fingerprint density at radius 3 is 2.33 bits per heavy atom. The average Bonchev–Trinajstić information content (AvgIpc) is 2.17. The van der Waals surface area contributed by atoms with Gasteiger partial charge in [-0.25, -0.2) is 0 Å². The molecule has 1 atom stereocenters. The number of amides is 1. The van der Waals surface area contributed by atoms with Gasteiger partial charge in [-0.3, -0.25) is 9.69 Å². The van der Waals surface area contributed by atoms with Crippen LogP contribution in [0.25, 0.3) is 0 Å². The quantitative estimate of drug-likeness (QED) is 0.644. The van der Waals surface area contributed by atoms with E-state index < -0.39 is 6.23 Å². The molecule has 5 nitrogen and oxygen atoms in total. The molecule has 1 fully saturated rings. The maximum Gasteiger partial charge on any atom is 0.236 e. The normalized spacial score (nSPS) is 20.7. The van der Waals surface area contributed by atoms with Gasteiger partial charge in [0.1, 0.15) is 6.23 Å². The minimum atomic E-state index is -0.656. The zero-order valence-electron chi connectivity index (χ0n) is 9.52. The summed E-state index contributed by atoms with van der Waals surface area (Å²) in [6, 6.07) is 0. The minimum absolute atomic E-state index is 0.151. The third-order valence-electron chi connectivity index (χ3n) is 2.54. The van der Waals surface area contributed by atoms with Crippen LogP contribution in [0.2, 0.25) is 0 Å². The van der Waals surface area contributed by atoms with E-state index in [4.69, 9.17) is 0 Å². The highest BCUT2D eigenvalue weighted by atomic mass is 16.3. The molecule has 1 aliphatic heterocycles. The molecule has 0 aliphatic carbocycles. The number of carbonyl (C=O) groups excluding carboxylic acids is 1. The molecule has 0 aromatic carbocycles. The van der Waals surface area contributed by atoms with Crippen molar-refractivity contribution in [3.05, 3.63) is 6.92 Å². The molecule has 1 N–H and O–H groups in total. The van der Waals surface area contributed by atoms with Crippen molar-refractivity contribution in [2.45, 2.75) is 6.23 Å². The molecule has 1 aliphatic rings. The van der Waals surface area contributed by atoms with E-state index in [0.29, 0.717) is 32.7 Å². The van der Waals surface area contributed by atoms with Crippen LogP contribution in [-0.4, -0.2) is 78.8 Å². The molecule has 1 heterocycles. The van der Waals surface area contributed by atoms with Gasteiger partial charge in [0.05, 0.1) is 6.54 Å². The van der Waals surface area contributed by atoms with E-state index in [1.807, 2.05) is 28.8 Å². The first-order valence-corrected chi connectivity index (χ1v) is 5.18. The minimum Gasteiger partial charge on any atom is -0.378 e. The van der Waals surface area contributed by atoms with Gasteiger partial charge in [0.25, 0.3) is 0 Å². The molecule has 1 amide bonds. The molecule has 1 saturated heterocycles. The Balaban J connectivity index is 2.34. The van der Waals surface area contributed by atoms with E-state index in [9.17, 15) is 9.90 Å². The third kappa shape index (κ3) is 3.77. The van der Waals surface area contributed by atoms with Crippen molar-refractivity contribution in [1.29, 1.82) is 0 Å². The van der Waals surface area contributed by atoms with Crippen LogP contribution >= 0.6 is 0 Å². The summed E-state index contributed by atoms with van der Waals surface area (Å²) in [6.45, 7) is 6.76. The number of aliphatic hydroxyl groups excluding tert-OH is 1. The first-order chi connectivity index (χ1) is 7.00. The maximum absolute atomic E-state index is 11.7. The van der Waals surface area contributed by atoms with Crippen molar-refractivity contribution in [2.75, 3.05) is 46.8 Å². The number of piperazine rings is 1. The van der Waals surface area contributed by atoms with Crippen LogP contribution in [0.4, 0.5) is 0 Å². The average molecular weight is 214 g/mol. The van der Waals surface area contributed by atoms with Crippen LogP contribution in [-0.2, 0) is 4.79 Å². The second-order valence-corrected chi connectivity index (χ2v) is 4.14. The lowest BCUT2D eigenvalue weighted by atomic mass is 10.3. The van der Waals surface area contributed by atoms with Crippen LogP contribution in [0.5, 0.6) is 0 Å². The number of hydrogen-bond acceptors (Lipinski definition) is 4. The summed E-state index contributed by atoms with van der Waals surface area (Å²) in [5, 5.41) is 9.25. The standard InChI is InChI=1S/C10H20N3O2/c1-9(14)12-4-6-13(7-5-12)10(15)8-11(2)3/h9,14H,1,4-8H2,2-3H3. The van der Waals surface area contributed by atoms with E-state index in [0.717, 1.165) is 0 Å². The lowest BCUT2D eigenvalue weighted by Gasteiger charge is -2.36. The largest absolute Gasteiger partial charge is 0.378 e. The van der Waals surface area contributed by atoms with Gasteiger partial charge in [0, 0.05) is 26.2 Å². The molecular formula is C10H20N3O2. The van der Waals surface area contributed by atoms with Gasteiger partial charge in [-0.2, -0.15) is 0 Å². The fourth-order valence-corrected chi connectivity index (χ4v) is 1.64. The first kappa shape index (κ1) is 12.4. The van der Waals surface area contributed by atoms with Gasteiger partial charge in [0.2, 0.25) is 5.91 Å². The molecule has 0 aromatic heterocycles. The summed E-state index contributed by atoms with van der Waals surface area (Å²) in [7, 11) is 3.77.